The lowest BCUT2D eigenvalue weighted by Gasteiger charge is -2.09. The molecule has 0 atom stereocenters. The van der Waals surface area contributed by atoms with E-state index in [1.165, 1.54) is 18.0 Å². The van der Waals surface area contributed by atoms with Crippen LogP contribution in [0.3, 0.4) is 0 Å². The maximum atomic E-state index is 11.8. The minimum Gasteiger partial charge on any atom is -0.491 e. The van der Waals surface area contributed by atoms with E-state index in [0.29, 0.717) is 21.9 Å². The molecule has 1 aromatic carbocycles. The third kappa shape index (κ3) is 3.30. The van der Waals surface area contributed by atoms with Gasteiger partial charge < -0.3 is 9.72 Å². The van der Waals surface area contributed by atoms with Crippen molar-refractivity contribution in [3.8, 4) is 5.75 Å². The van der Waals surface area contributed by atoms with E-state index >= 15 is 0 Å². The van der Waals surface area contributed by atoms with E-state index in [1.54, 1.807) is 0 Å². The van der Waals surface area contributed by atoms with E-state index in [4.69, 9.17) is 4.74 Å². The predicted molar refractivity (Wildman–Crippen MR) is 86.3 cm³/mol. The fourth-order valence-corrected chi connectivity index (χ4v) is 2.80. The summed E-state index contributed by atoms with van der Waals surface area (Å²) in [7, 11) is 0. The molecule has 0 aliphatic rings. The Morgan fingerprint density at radius 1 is 1.27 bits per heavy atom. The molecule has 2 aromatic heterocycles. The molecule has 0 aliphatic carbocycles. The summed E-state index contributed by atoms with van der Waals surface area (Å²) in [4.78, 5) is 18.9. The van der Waals surface area contributed by atoms with E-state index in [1.807, 2.05) is 38.1 Å². The van der Waals surface area contributed by atoms with Crippen molar-refractivity contribution < 1.29 is 4.74 Å². The van der Waals surface area contributed by atoms with Crippen LogP contribution in [0.5, 0.6) is 5.75 Å². The summed E-state index contributed by atoms with van der Waals surface area (Å²) in [6.07, 6.45) is 1.64. The number of ether oxygens (including phenoxy) is 1. The SMILES string of the molecule is CC(C)Oc1ccc(CSc2nc3[nH]ncc3c(=O)[nH]2)cc1. The molecule has 0 saturated carbocycles. The molecule has 3 rings (SSSR count). The van der Waals surface area contributed by atoms with Gasteiger partial charge in [-0.05, 0) is 31.5 Å². The van der Waals surface area contributed by atoms with Crippen LogP contribution in [-0.2, 0) is 5.75 Å². The van der Waals surface area contributed by atoms with Crippen molar-refractivity contribution in [3.63, 3.8) is 0 Å². The van der Waals surface area contributed by atoms with Gasteiger partial charge in [0.15, 0.2) is 10.8 Å². The third-order valence-electron chi connectivity index (χ3n) is 2.97. The Morgan fingerprint density at radius 2 is 2.05 bits per heavy atom. The fourth-order valence-electron chi connectivity index (χ4n) is 1.98. The van der Waals surface area contributed by atoms with Gasteiger partial charge in [0.25, 0.3) is 5.56 Å². The first-order valence-corrected chi connectivity index (χ1v) is 7.92. The second-order valence-corrected chi connectivity index (χ2v) is 6.07. The number of benzene rings is 1. The van der Waals surface area contributed by atoms with Crippen LogP contribution < -0.4 is 10.3 Å². The zero-order valence-electron chi connectivity index (χ0n) is 12.3. The lowest BCUT2D eigenvalue weighted by atomic mass is 10.2. The van der Waals surface area contributed by atoms with E-state index in [9.17, 15) is 4.79 Å². The van der Waals surface area contributed by atoms with Gasteiger partial charge >= 0.3 is 0 Å². The molecule has 22 heavy (non-hydrogen) atoms. The summed E-state index contributed by atoms with van der Waals surface area (Å²) in [5, 5.41) is 7.58. The average molecular weight is 316 g/mol. The zero-order chi connectivity index (χ0) is 15.5. The highest BCUT2D eigenvalue weighted by Gasteiger charge is 2.06. The minimum absolute atomic E-state index is 0.163. The number of nitrogens with one attached hydrogen (secondary N) is 2. The molecular weight excluding hydrogens is 300 g/mol. The van der Waals surface area contributed by atoms with Crippen molar-refractivity contribution in [2.45, 2.75) is 30.9 Å². The Morgan fingerprint density at radius 3 is 2.77 bits per heavy atom. The van der Waals surface area contributed by atoms with Gasteiger partial charge in [-0.2, -0.15) is 5.10 Å². The van der Waals surface area contributed by atoms with Crippen molar-refractivity contribution in [3.05, 3.63) is 46.4 Å². The lowest BCUT2D eigenvalue weighted by Crippen LogP contribution is -2.08. The topological polar surface area (TPSA) is 83.7 Å². The van der Waals surface area contributed by atoms with Gasteiger partial charge in [-0.1, -0.05) is 23.9 Å². The van der Waals surface area contributed by atoms with Crippen LogP contribution in [0, 0.1) is 0 Å². The molecule has 0 radical (unpaired) electrons. The quantitative estimate of drug-likeness (QED) is 0.558. The average Bonchev–Trinajstić information content (AvgIpc) is 2.95. The fraction of sp³-hybridized carbons (Fsp3) is 0.267. The van der Waals surface area contributed by atoms with E-state index < -0.39 is 0 Å². The number of nitrogens with zero attached hydrogens (tertiary/aromatic N) is 2. The molecule has 2 heterocycles. The van der Waals surface area contributed by atoms with Crippen LogP contribution in [0.2, 0.25) is 0 Å². The third-order valence-corrected chi connectivity index (χ3v) is 3.91. The number of hydrogen-bond donors (Lipinski definition) is 2. The first-order chi connectivity index (χ1) is 10.6. The summed E-state index contributed by atoms with van der Waals surface area (Å²) < 4.78 is 5.61. The number of fused-ring (bicyclic) bond motifs is 1. The van der Waals surface area contributed by atoms with Crippen LogP contribution >= 0.6 is 11.8 Å². The number of aromatic amines is 2. The summed E-state index contributed by atoms with van der Waals surface area (Å²) in [5.74, 6) is 1.57. The Bertz CT molecular complexity index is 823. The van der Waals surface area contributed by atoms with Gasteiger partial charge in [-0.3, -0.25) is 9.89 Å². The summed E-state index contributed by atoms with van der Waals surface area (Å²) in [5.41, 5.74) is 1.46. The molecule has 0 saturated heterocycles. The highest BCUT2D eigenvalue weighted by atomic mass is 32.2. The largest absolute Gasteiger partial charge is 0.491 e. The van der Waals surface area contributed by atoms with Crippen LogP contribution in [0.25, 0.3) is 11.0 Å². The van der Waals surface area contributed by atoms with Crippen molar-refractivity contribution in [2.24, 2.45) is 0 Å². The van der Waals surface area contributed by atoms with Crippen molar-refractivity contribution in [2.75, 3.05) is 0 Å². The minimum atomic E-state index is -0.179. The molecule has 6 nitrogen and oxygen atoms in total. The maximum absolute atomic E-state index is 11.8. The summed E-state index contributed by atoms with van der Waals surface area (Å²) in [6, 6.07) is 7.92. The first kappa shape index (κ1) is 14.6. The predicted octanol–water partition coefficient (Wildman–Crippen LogP) is 2.73. The maximum Gasteiger partial charge on any atom is 0.262 e. The molecule has 0 fully saturated rings. The Balaban J connectivity index is 1.69. The molecule has 0 aliphatic heterocycles. The van der Waals surface area contributed by atoms with Gasteiger partial charge in [-0.25, -0.2) is 4.98 Å². The highest BCUT2D eigenvalue weighted by molar-refractivity contribution is 7.98. The molecule has 0 unspecified atom stereocenters. The molecule has 7 heteroatoms. The normalized spacial score (nSPS) is 11.2. The molecule has 3 aromatic rings. The zero-order valence-corrected chi connectivity index (χ0v) is 13.1. The number of aromatic nitrogens is 4. The molecule has 0 bridgehead atoms. The Hall–Kier alpha value is -2.28. The number of rotatable bonds is 5. The molecule has 0 amide bonds. The lowest BCUT2D eigenvalue weighted by molar-refractivity contribution is 0.242. The second-order valence-electron chi connectivity index (χ2n) is 5.10. The number of thioether (sulfide) groups is 1. The van der Waals surface area contributed by atoms with Gasteiger partial charge in [0.05, 0.1) is 12.3 Å². The van der Waals surface area contributed by atoms with Gasteiger partial charge in [0.2, 0.25) is 0 Å². The molecular formula is C15H16N4O2S. The van der Waals surface area contributed by atoms with Crippen LogP contribution in [0.4, 0.5) is 0 Å². The molecule has 0 spiro atoms. The summed E-state index contributed by atoms with van der Waals surface area (Å²) >= 11 is 1.47. The number of H-pyrrole nitrogens is 2. The standard InChI is InChI=1S/C15H16N4O2S/c1-9(2)21-11-5-3-10(4-6-11)8-22-15-17-13-12(7-16-19-13)14(20)18-15/h3-7,9H,8H2,1-2H3,(H2,16,17,18,19,20). The second kappa shape index (κ2) is 6.23. The van der Waals surface area contributed by atoms with Crippen LogP contribution in [-0.4, -0.2) is 26.3 Å². The Labute approximate surface area is 131 Å². The van der Waals surface area contributed by atoms with E-state index in [2.05, 4.69) is 20.2 Å². The van der Waals surface area contributed by atoms with Gasteiger partial charge in [0, 0.05) is 5.75 Å². The first-order valence-electron chi connectivity index (χ1n) is 6.93. The Kier molecular flexibility index (Phi) is 4.15. The molecule has 2 N–H and O–H groups in total. The highest BCUT2D eigenvalue weighted by Crippen LogP contribution is 2.21. The van der Waals surface area contributed by atoms with Crippen molar-refractivity contribution in [1.29, 1.82) is 0 Å². The van der Waals surface area contributed by atoms with Crippen LogP contribution in [0.1, 0.15) is 19.4 Å². The van der Waals surface area contributed by atoms with Gasteiger partial charge in [-0.15, -0.1) is 0 Å². The van der Waals surface area contributed by atoms with E-state index in [-0.39, 0.29) is 11.7 Å². The number of hydrogen-bond acceptors (Lipinski definition) is 5. The molecule has 114 valence electrons. The van der Waals surface area contributed by atoms with Crippen molar-refractivity contribution >= 4 is 22.8 Å². The summed E-state index contributed by atoms with van der Waals surface area (Å²) in [6.45, 7) is 3.99. The van der Waals surface area contributed by atoms with Gasteiger partial charge in [0.1, 0.15) is 11.1 Å². The van der Waals surface area contributed by atoms with E-state index in [0.717, 1.165) is 11.3 Å². The van der Waals surface area contributed by atoms with Crippen molar-refractivity contribution in [1.82, 2.24) is 20.2 Å². The monoisotopic (exact) mass is 316 g/mol. The smallest absolute Gasteiger partial charge is 0.262 e. The van der Waals surface area contributed by atoms with Crippen LogP contribution in [0.15, 0.2) is 40.4 Å².